The Hall–Kier alpha value is -3.86. The molecule has 2 atom stereocenters. The lowest BCUT2D eigenvalue weighted by molar-refractivity contribution is -0.150. The summed E-state index contributed by atoms with van der Waals surface area (Å²) < 4.78 is 5.65. The number of β-lactam (4-membered cyclic amide) rings is 1. The maximum atomic E-state index is 13.2. The molecule has 0 bridgehead atoms. The van der Waals surface area contributed by atoms with E-state index in [0.29, 0.717) is 23.0 Å². The topological polar surface area (TPSA) is 247 Å². The Morgan fingerprint density at radius 1 is 1.20 bits per heavy atom. The molecule has 5 N–H and O–H groups in total. The van der Waals surface area contributed by atoms with Crippen molar-refractivity contribution in [2.45, 2.75) is 36.0 Å². The van der Waals surface area contributed by atoms with E-state index in [9.17, 15) is 24.3 Å². The number of aliphatic carboxylic acids is 2. The highest BCUT2D eigenvalue weighted by molar-refractivity contribution is 8.01. The molecule has 1 unspecified atom stereocenters. The molecule has 2 saturated heterocycles. The Labute approximate surface area is 274 Å². The molecule has 2 amide bonds. The van der Waals surface area contributed by atoms with Crippen LogP contribution in [-0.2, 0) is 30.6 Å². The molecule has 46 heavy (non-hydrogen) atoms. The molecule has 3 aliphatic heterocycles. The molecule has 2 aromatic heterocycles. The number of thioether (sulfide) groups is 2. The number of carboxylic acid groups (broad SMARTS) is 2. The second kappa shape index (κ2) is 15.2. The number of tetrazole rings is 1. The molecular formula is C24H32N12O7S3. The highest BCUT2D eigenvalue weighted by atomic mass is 32.2. The van der Waals surface area contributed by atoms with E-state index in [4.69, 9.17) is 15.7 Å². The third kappa shape index (κ3) is 7.92. The zero-order chi connectivity index (χ0) is 32.8. The van der Waals surface area contributed by atoms with E-state index >= 15 is 0 Å². The molecule has 2 fully saturated rings. The fourth-order valence-corrected chi connectivity index (χ4v) is 7.69. The number of rotatable bonds is 15. The first kappa shape index (κ1) is 33.5. The van der Waals surface area contributed by atoms with Crippen molar-refractivity contribution in [3.8, 4) is 0 Å². The molecule has 0 aliphatic carbocycles. The third-order valence-corrected chi connectivity index (χ3v) is 10.2. The van der Waals surface area contributed by atoms with Crippen LogP contribution in [0.3, 0.4) is 0 Å². The normalized spacial score (nSPS) is 20.8. The first-order chi connectivity index (χ1) is 22.1. The second-order valence-corrected chi connectivity index (χ2v) is 13.3. The molecule has 5 rings (SSSR count). The number of hydrogen-bond acceptors (Lipinski definition) is 17. The van der Waals surface area contributed by atoms with Crippen LogP contribution >= 0.6 is 35.1 Å². The molecule has 0 radical (unpaired) electrons. The highest BCUT2D eigenvalue weighted by Gasteiger charge is 2.54. The van der Waals surface area contributed by atoms with Crippen LogP contribution in [0.25, 0.3) is 0 Å². The van der Waals surface area contributed by atoms with Crippen molar-refractivity contribution < 1.29 is 34.2 Å². The maximum Gasteiger partial charge on any atom is 0.352 e. The average molecular weight is 697 g/mol. The minimum Gasteiger partial charge on any atom is -0.481 e. The molecule has 22 heteroatoms. The number of carboxylic acids is 2. The number of nitrogens with zero attached hydrogens (tertiary/aromatic N) is 10. The van der Waals surface area contributed by atoms with E-state index in [1.807, 2.05) is 0 Å². The minimum absolute atomic E-state index is 0.0519. The fourth-order valence-electron chi connectivity index (χ4n) is 4.87. The van der Waals surface area contributed by atoms with Crippen LogP contribution < -0.4 is 11.1 Å². The Bertz CT molecular complexity index is 1520. The summed E-state index contributed by atoms with van der Waals surface area (Å²) in [5.74, 6) is -3.48. The summed E-state index contributed by atoms with van der Waals surface area (Å²) in [6, 6.07) is -1.06. The predicted octanol–water partition coefficient (Wildman–Crippen LogP) is -1.53. The molecule has 2 aromatic rings. The number of amides is 2. The number of aromatic nitrogens is 6. The van der Waals surface area contributed by atoms with Gasteiger partial charge in [0.1, 0.15) is 23.7 Å². The van der Waals surface area contributed by atoms with E-state index in [0.717, 1.165) is 55.6 Å². The summed E-state index contributed by atoms with van der Waals surface area (Å²) in [4.78, 5) is 64.2. The number of nitrogens with one attached hydrogen (secondary N) is 1. The molecule has 3 aliphatic rings. The monoisotopic (exact) mass is 696 g/mol. The van der Waals surface area contributed by atoms with Crippen LogP contribution in [0.4, 0.5) is 5.13 Å². The van der Waals surface area contributed by atoms with Gasteiger partial charge in [0, 0.05) is 62.3 Å². The van der Waals surface area contributed by atoms with Crippen molar-refractivity contribution in [2.24, 2.45) is 5.16 Å². The van der Waals surface area contributed by atoms with Crippen LogP contribution in [0.15, 0.2) is 21.6 Å². The summed E-state index contributed by atoms with van der Waals surface area (Å²) >= 11 is 3.41. The van der Waals surface area contributed by atoms with Crippen molar-refractivity contribution >= 4 is 69.7 Å². The van der Waals surface area contributed by atoms with Crippen LogP contribution in [0.2, 0.25) is 0 Å². The van der Waals surface area contributed by atoms with Gasteiger partial charge < -0.3 is 35.9 Å². The van der Waals surface area contributed by atoms with Crippen LogP contribution in [-0.4, -0.2) is 153 Å². The minimum atomic E-state index is -1.26. The number of nitrogens with two attached hydrogens (primary N) is 1. The summed E-state index contributed by atoms with van der Waals surface area (Å²) in [5.41, 5.74) is 5.62. The Morgan fingerprint density at radius 2 is 1.98 bits per heavy atom. The molecule has 0 spiro atoms. The van der Waals surface area contributed by atoms with Gasteiger partial charge in [-0.15, -0.1) is 16.9 Å². The van der Waals surface area contributed by atoms with E-state index in [2.05, 4.69) is 52.2 Å². The van der Waals surface area contributed by atoms with E-state index < -0.39 is 40.9 Å². The molecular weight excluding hydrogens is 665 g/mol. The van der Waals surface area contributed by atoms with Gasteiger partial charge in [-0.25, -0.2) is 9.48 Å². The van der Waals surface area contributed by atoms with Crippen molar-refractivity contribution in [3.05, 3.63) is 17.1 Å². The summed E-state index contributed by atoms with van der Waals surface area (Å²) in [6.45, 7) is 5.35. The van der Waals surface area contributed by atoms with Crippen molar-refractivity contribution in [1.29, 1.82) is 0 Å². The van der Waals surface area contributed by atoms with Gasteiger partial charge >= 0.3 is 11.9 Å². The van der Waals surface area contributed by atoms with Gasteiger partial charge in [-0.05, 0) is 29.5 Å². The first-order valence-electron chi connectivity index (χ1n) is 14.1. The van der Waals surface area contributed by atoms with E-state index in [-0.39, 0.29) is 35.4 Å². The number of piperazine rings is 1. The molecule has 0 aromatic carbocycles. The number of nitrogen functional groups attached to an aromatic ring is 1. The van der Waals surface area contributed by atoms with Crippen LogP contribution in [0.5, 0.6) is 0 Å². The lowest BCUT2D eigenvalue weighted by Crippen LogP contribution is -2.71. The second-order valence-electron chi connectivity index (χ2n) is 10.5. The number of likely N-dealkylation sites (N-methyl/N-ethyl adjacent to an activating group) is 1. The van der Waals surface area contributed by atoms with Crippen LogP contribution in [0, 0.1) is 0 Å². The number of anilines is 1. The van der Waals surface area contributed by atoms with Gasteiger partial charge in [-0.2, -0.15) is 9.36 Å². The number of fused-ring (bicyclic) bond motifs is 1. The average Bonchev–Trinajstić information content (AvgIpc) is 3.67. The molecule has 0 saturated carbocycles. The van der Waals surface area contributed by atoms with E-state index in [1.165, 1.54) is 23.5 Å². The lowest BCUT2D eigenvalue weighted by atomic mass is 10.0. The molecule has 248 valence electrons. The SMILES string of the molecule is CN1CCN(CCCn2nnnc2SCC2=C(C(=O)O)N3C(=O)C(NC(=O)C(=NOCCC(=O)O)c4nsc(N)n4)[C@@H]3SC2)CC1. The predicted molar refractivity (Wildman–Crippen MR) is 166 cm³/mol. The van der Waals surface area contributed by atoms with Gasteiger partial charge in [0.15, 0.2) is 5.13 Å². The van der Waals surface area contributed by atoms with Gasteiger partial charge in [0.2, 0.25) is 16.7 Å². The lowest BCUT2D eigenvalue weighted by Gasteiger charge is -2.49. The first-order valence-corrected chi connectivity index (χ1v) is 16.9. The number of oxime groups is 1. The Kier molecular flexibility index (Phi) is 11.0. The quantitative estimate of drug-likeness (QED) is 0.0542. The summed E-state index contributed by atoms with van der Waals surface area (Å²) in [7, 11) is 2.11. The summed E-state index contributed by atoms with van der Waals surface area (Å²) in [5, 5.41) is 37.0. The number of carbonyl (C=O) groups is 4. The number of carbonyl (C=O) groups excluding carboxylic acids is 2. The highest BCUT2D eigenvalue weighted by Crippen LogP contribution is 2.41. The smallest absolute Gasteiger partial charge is 0.352 e. The zero-order valence-electron chi connectivity index (χ0n) is 24.6. The largest absolute Gasteiger partial charge is 0.481 e. The number of aryl methyl sites for hydroxylation is 1. The van der Waals surface area contributed by atoms with Crippen molar-refractivity contribution in [2.75, 3.05) is 63.6 Å². The number of hydrogen-bond donors (Lipinski definition) is 4. The standard InChI is InChI=1S/C24H32N12O7S3/c1-33-6-8-34(9-7-33)4-2-5-35-24(28-31-32-35)45-12-13-11-44-21-16(20(40)36(21)17(13)22(41)42)26-19(39)15(18-27-23(25)46-30-18)29-43-10-3-14(37)38/h16,21H,2-12H2,1H3,(H,26,39)(H,37,38)(H,41,42)(H2,25,27,30)/t16?,21-/m0/s1. The molecule has 5 heterocycles. The maximum absolute atomic E-state index is 13.2. The van der Waals surface area contributed by atoms with Gasteiger partial charge in [-0.1, -0.05) is 16.9 Å². The van der Waals surface area contributed by atoms with Crippen LogP contribution in [0.1, 0.15) is 18.7 Å². The van der Waals surface area contributed by atoms with Crippen molar-refractivity contribution in [1.82, 2.24) is 49.6 Å². The Balaban J connectivity index is 1.20. The zero-order valence-corrected chi connectivity index (χ0v) is 27.1. The van der Waals surface area contributed by atoms with Gasteiger partial charge in [-0.3, -0.25) is 19.3 Å². The van der Waals surface area contributed by atoms with Gasteiger partial charge in [0.25, 0.3) is 11.8 Å². The van der Waals surface area contributed by atoms with Gasteiger partial charge in [0.05, 0.1) is 6.42 Å². The molecule has 19 nitrogen and oxygen atoms in total. The van der Waals surface area contributed by atoms with E-state index in [1.54, 1.807) is 4.68 Å². The third-order valence-electron chi connectivity index (χ3n) is 7.28. The van der Waals surface area contributed by atoms with Crippen molar-refractivity contribution in [3.63, 3.8) is 0 Å². The fraction of sp³-hybridized carbons (Fsp3) is 0.583. The Morgan fingerprint density at radius 3 is 2.67 bits per heavy atom. The summed E-state index contributed by atoms with van der Waals surface area (Å²) in [6.07, 6.45) is 0.502.